The van der Waals surface area contributed by atoms with Gasteiger partial charge in [-0.05, 0) is 36.1 Å². The van der Waals surface area contributed by atoms with E-state index in [0.29, 0.717) is 11.1 Å². The van der Waals surface area contributed by atoms with Crippen molar-refractivity contribution in [2.45, 2.75) is 32.2 Å². The van der Waals surface area contributed by atoms with Crippen molar-refractivity contribution < 1.29 is 24.9 Å². The van der Waals surface area contributed by atoms with E-state index in [1.165, 1.54) is 6.07 Å². The molecule has 0 aliphatic heterocycles. The lowest BCUT2D eigenvalue weighted by atomic mass is 9.97. The van der Waals surface area contributed by atoms with Crippen LogP contribution in [0.2, 0.25) is 0 Å². The van der Waals surface area contributed by atoms with Crippen molar-refractivity contribution in [2.75, 3.05) is 6.54 Å². The summed E-state index contributed by atoms with van der Waals surface area (Å²) in [6, 6.07) is 14.1. The number of aliphatic hydroxyl groups excluding tert-OH is 2. The van der Waals surface area contributed by atoms with Crippen LogP contribution >= 0.6 is 0 Å². The number of carbonyl (C=O) groups is 1. The highest BCUT2D eigenvalue weighted by Crippen LogP contribution is 2.27. The van der Waals surface area contributed by atoms with Crippen LogP contribution in [0.15, 0.2) is 48.5 Å². The SMILES string of the molecule is Cc1c(O)cccc1C(O)C(O)CCNC(=O)OCc1ccccc1. The second-order valence-corrected chi connectivity index (χ2v) is 5.78. The summed E-state index contributed by atoms with van der Waals surface area (Å²) in [5.74, 6) is 0.0614. The van der Waals surface area contributed by atoms with E-state index in [2.05, 4.69) is 5.32 Å². The molecule has 2 aromatic carbocycles. The molecule has 2 rings (SSSR count). The Hall–Kier alpha value is -2.57. The van der Waals surface area contributed by atoms with Crippen LogP contribution in [-0.2, 0) is 11.3 Å². The fraction of sp³-hybridized carbons (Fsp3) is 0.316. The molecule has 0 saturated carbocycles. The molecule has 0 radical (unpaired) electrons. The molecule has 0 bridgehead atoms. The summed E-state index contributed by atoms with van der Waals surface area (Å²) in [7, 11) is 0. The molecule has 6 heteroatoms. The van der Waals surface area contributed by atoms with Gasteiger partial charge in [-0.2, -0.15) is 0 Å². The van der Waals surface area contributed by atoms with Crippen molar-refractivity contribution in [1.82, 2.24) is 5.32 Å². The molecule has 0 aromatic heterocycles. The second kappa shape index (κ2) is 9.05. The van der Waals surface area contributed by atoms with Crippen molar-refractivity contribution in [3.63, 3.8) is 0 Å². The quantitative estimate of drug-likeness (QED) is 0.618. The average molecular weight is 345 g/mol. The summed E-state index contributed by atoms with van der Waals surface area (Å²) in [5.41, 5.74) is 1.86. The molecule has 1 amide bonds. The number of carbonyl (C=O) groups excluding carboxylic acids is 1. The summed E-state index contributed by atoms with van der Waals surface area (Å²) < 4.78 is 5.06. The number of benzene rings is 2. The molecule has 0 fully saturated rings. The number of phenols is 1. The van der Waals surface area contributed by atoms with Gasteiger partial charge in [-0.3, -0.25) is 0 Å². The number of phenolic OH excluding ortho intramolecular Hbond substituents is 1. The van der Waals surface area contributed by atoms with E-state index in [0.717, 1.165) is 5.56 Å². The highest BCUT2D eigenvalue weighted by Gasteiger charge is 2.21. The fourth-order valence-corrected chi connectivity index (χ4v) is 2.42. The van der Waals surface area contributed by atoms with Crippen LogP contribution in [0.4, 0.5) is 4.79 Å². The first-order chi connectivity index (χ1) is 12.0. The molecular weight excluding hydrogens is 322 g/mol. The Bertz CT molecular complexity index is 689. The van der Waals surface area contributed by atoms with Crippen LogP contribution in [0.25, 0.3) is 0 Å². The summed E-state index contributed by atoms with van der Waals surface area (Å²) >= 11 is 0. The van der Waals surface area contributed by atoms with Gasteiger partial charge < -0.3 is 25.4 Å². The van der Waals surface area contributed by atoms with Gasteiger partial charge in [-0.1, -0.05) is 42.5 Å². The minimum absolute atomic E-state index is 0.0614. The van der Waals surface area contributed by atoms with E-state index in [1.54, 1.807) is 19.1 Å². The lowest BCUT2D eigenvalue weighted by Crippen LogP contribution is -2.30. The smallest absolute Gasteiger partial charge is 0.407 e. The molecule has 25 heavy (non-hydrogen) atoms. The molecular formula is C19H23NO5. The molecule has 0 saturated heterocycles. The lowest BCUT2D eigenvalue weighted by Gasteiger charge is -2.20. The first-order valence-corrected chi connectivity index (χ1v) is 8.08. The number of amides is 1. The predicted molar refractivity (Wildman–Crippen MR) is 93.1 cm³/mol. The summed E-state index contributed by atoms with van der Waals surface area (Å²) in [5, 5.41) is 32.5. The van der Waals surface area contributed by atoms with E-state index in [9.17, 15) is 20.1 Å². The molecule has 2 unspecified atom stereocenters. The molecule has 134 valence electrons. The van der Waals surface area contributed by atoms with Crippen molar-refractivity contribution in [1.29, 1.82) is 0 Å². The van der Waals surface area contributed by atoms with Crippen LogP contribution in [0, 0.1) is 6.92 Å². The van der Waals surface area contributed by atoms with E-state index in [4.69, 9.17) is 4.74 Å². The van der Waals surface area contributed by atoms with Gasteiger partial charge in [0.2, 0.25) is 0 Å². The fourth-order valence-electron chi connectivity index (χ4n) is 2.42. The van der Waals surface area contributed by atoms with Gasteiger partial charge in [-0.15, -0.1) is 0 Å². The van der Waals surface area contributed by atoms with Crippen LogP contribution in [0.3, 0.4) is 0 Å². The third-order valence-electron chi connectivity index (χ3n) is 3.95. The molecule has 2 aromatic rings. The Morgan fingerprint density at radius 1 is 1.12 bits per heavy atom. The van der Waals surface area contributed by atoms with Crippen LogP contribution in [-0.4, -0.2) is 34.1 Å². The number of hydrogen-bond acceptors (Lipinski definition) is 5. The monoisotopic (exact) mass is 345 g/mol. The van der Waals surface area contributed by atoms with E-state index in [-0.39, 0.29) is 25.3 Å². The predicted octanol–water partition coefficient (Wildman–Crippen LogP) is 2.41. The van der Waals surface area contributed by atoms with Crippen LogP contribution in [0.5, 0.6) is 5.75 Å². The molecule has 6 nitrogen and oxygen atoms in total. The highest BCUT2D eigenvalue weighted by atomic mass is 16.5. The zero-order valence-corrected chi connectivity index (χ0v) is 14.1. The molecule has 0 aliphatic rings. The number of rotatable bonds is 7. The first-order valence-electron chi connectivity index (χ1n) is 8.08. The van der Waals surface area contributed by atoms with E-state index >= 15 is 0 Å². The minimum Gasteiger partial charge on any atom is -0.508 e. The molecule has 0 aliphatic carbocycles. The van der Waals surface area contributed by atoms with Gasteiger partial charge in [-0.25, -0.2) is 4.79 Å². The maximum absolute atomic E-state index is 11.6. The molecule has 0 heterocycles. The van der Waals surface area contributed by atoms with Crippen LogP contribution in [0.1, 0.15) is 29.2 Å². The van der Waals surface area contributed by atoms with Crippen molar-refractivity contribution in [3.05, 3.63) is 65.2 Å². The third-order valence-corrected chi connectivity index (χ3v) is 3.95. The highest BCUT2D eigenvalue weighted by molar-refractivity contribution is 5.67. The van der Waals surface area contributed by atoms with Gasteiger partial charge in [0.1, 0.15) is 18.5 Å². The number of aliphatic hydroxyl groups is 2. The molecule has 2 atom stereocenters. The number of aromatic hydroxyl groups is 1. The number of ether oxygens (including phenoxy) is 1. The van der Waals surface area contributed by atoms with Gasteiger partial charge in [0, 0.05) is 6.54 Å². The first kappa shape index (κ1) is 18.8. The number of hydrogen-bond donors (Lipinski definition) is 4. The zero-order valence-electron chi connectivity index (χ0n) is 14.1. The summed E-state index contributed by atoms with van der Waals surface area (Å²) in [6.45, 7) is 1.99. The summed E-state index contributed by atoms with van der Waals surface area (Å²) in [6.07, 6.45) is -2.65. The minimum atomic E-state index is -1.14. The zero-order chi connectivity index (χ0) is 18.2. The average Bonchev–Trinajstić information content (AvgIpc) is 2.62. The van der Waals surface area contributed by atoms with Gasteiger partial charge in [0.05, 0.1) is 6.10 Å². The standard InChI is InChI=1S/C19H23NO5/c1-13-15(8-5-9-16(13)21)18(23)17(22)10-11-20-19(24)25-12-14-6-3-2-4-7-14/h2-9,17-18,21-23H,10-12H2,1H3,(H,20,24). The largest absolute Gasteiger partial charge is 0.508 e. The maximum Gasteiger partial charge on any atom is 0.407 e. The van der Waals surface area contributed by atoms with E-state index < -0.39 is 18.3 Å². The Morgan fingerprint density at radius 2 is 1.84 bits per heavy atom. The van der Waals surface area contributed by atoms with Gasteiger partial charge >= 0.3 is 6.09 Å². The van der Waals surface area contributed by atoms with E-state index in [1.807, 2.05) is 30.3 Å². The normalized spacial score (nSPS) is 13.1. The third kappa shape index (κ3) is 5.48. The second-order valence-electron chi connectivity index (χ2n) is 5.78. The van der Waals surface area contributed by atoms with Gasteiger partial charge in [0.25, 0.3) is 0 Å². The maximum atomic E-state index is 11.6. The lowest BCUT2D eigenvalue weighted by molar-refractivity contribution is 0.0131. The van der Waals surface area contributed by atoms with Crippen molar-refractivity contribution in [3.8, 4) is 5.75 Å². The number of alkyl carbamates (subject to hydrolysis) is 1. The Kier molecular flexibility index (Phi) is 6.80. The summed E-state index contributed by atoms with van der Waals surface area (Å²) in [4.78, 5) is 11.6. The van der Waals surface area contributed by atoms with Crippen LogP contribution < -0.4 is 5.32 Å². The molecule has 4 N–H and O–H groups in total. The topological polar surface area (TPSA) is 99.0 Å². The Morgan fingerprint density at radius 3 is 2.56 bits per heavy atom. The van der Waals surface area contributed by atoms with Crippen molar-refractivity contribution in [2.24, 2.45) is 0 Å². The Labute approximate surface area is 146 Å². The van der Waals surface area contributed by atoms with Crippen molar-refractivity contribution >= 4 is 6.09 Å². The Balaban J connectivity index is 1.75. The van der Waals surface area contributed by atoms with Gasteiger partial charge in [0.15, 0.2) is 0 Å². The molecule has 0 spiro atoms. The number of nitrogens with one attached hydrogen (secondary N) is 1.